The molecule has 120 valence electrons. The highest BCUT2D eigenvalue weighted by Gasteiger charge is 2.11. The first-order chi connectivity index (χ1) is 10.2. The summed E-state index contributed by atoms with van der Waals surface area (Å²) in [6, 6.07) is 2.48. The summed E-state index contributed by atoms with van der Waals surface area (Å²) in [5.74, 6) is 0.0164. The average molecular weight is 295 g/mol. The fraction of sp³-hybridized carbons (Fsp3) is 0.688. The van der Waals surface area contributed by atoms with E-state index in [1.165, 1.54) is 5.56 Å². The Hall–Kier alpha value is -1.33. The van der Waals surface area contributed by atoms with Gasteiger partial charge >= 0.3 is 0 Å². The maximum absolute atomic E-state index is 11.8. The minimum absolute atomic E-state index is 0.0164. The van der Waals surface area contributed by atoms with Crippen LogP contribution >= 0.6 is 0 Å². The van der Waals surface area contributed by atoms with Gasteiger partial charge in [-0.15, -0.1) is 0 Å². The molecule has 1 amide bonds. The molecule has 0 fully saturated rings. The van der Waals surface area contributed by atoms with Crippen molar-refractivity contribution in [3.8, 4) is 0 Å². The van der Waals surface area contributed by atoms with Crippen LogP contribution in [0.3, 0.4) is 0 Å². The number of nitrogens with zero attached hydrogens (tertiary/aromatic N) is 1. The van der Waals surface area contributed by atoms with E-state index in [2.05, 4.69) is 36.7 Å². The molecule has 5 heteroatoms. The molecule has 1 unspecified atom stereocenters. The molecule has 1 rings (SSSR count). The SMILES string of the molecule is CCCNC(CCC)c1ccn(CC(=O)NCCOC)c1. The van der Waals surface area contributed by atoms with Gasteiger partial charge < -0.3 is 19.9 Å². The summed E-state index contributed by atoms with van der Waals surface area (Å²) in [6.07, 6.45) is 7.43. The highest BCUT2D eigenvalue weighted by Crippen LogP contribution is 2.18. The van der Waals surface area contributed by atoms with Gasteiger partial charge in [-0.2, -0.15) is 0 Å². The van der Waals surface area contributed by atoms with E-state index in [0.29, 0.717) is 25.7 Å². The van der Waals surface area contributed by atoms with E-state index >= 15 is 0 Å². The van der Waals surface area contributed by atoms with Crippen molar-refractivity contribution in [1.82, 2.24) is 15.2 Å². The smallest absolute Gasteiger partial charge is 0.239 e. The van der Waals surface area contributed by atoms with Crippen LogP contribution in [0.25, 0.3) is 0 Å². The van der Waals surface area contributed by atoms with Crippen LogP contribution in [0, 0.1) is 0 Å². The van der Waals surface area contributed by atoms with Crippen LogP contribution in [0.5, 0.6) is 0 Å². The summed E-state index contributed by atoms with van der Waals surface area (Å²) in [5.41, 5.74) is 1.26. The van der Waals surface area contributed by atoms with Crippen LogP contribution in [0.1, 0.15) is 44.7 Å². The minimum Gasteiger partial charge on any atom is -0.383 e. The summed E-state index contributed by atoms with van der Waals surface area (Å²) >= 11 is 0. The van der Waals surface area contributed by atoms with Gasteiger partial charge in [0.25, 0.3) is 0 Å². The number of hydrogen-bond donors (Lipinski definition) is 2. The Labute approximate surface area is 128 Å². The first-order valence-corrected chi connectivity index (χ1v) is 7.85. The van der Waals surface area contributed by atoms with E-state index in [1.807, 2.05) is 10.8 Å². The third kappa shape index (κ3) is 6.78. The predicted octanol–water partition coefficient (Wildman–Crippen LogP) is 2.09. The molecule has 1 aromatic rings. The topological polar surface area (TPSA) is 55.3 Å². The number of carbonyl (C=O) groups is 1. The van der Waals surface area contributed by atoms with Crippen molar-refractivity contribution in [1.29, 1.82) is 0 Å². The summed E-state index contributed by atoms with van der Waals surface area (Å²) in [5, 5.41) is 6.39. The summed E-state index contributed by atoms with van der Waals surface area (Å²) in [4.78, 5) is 11.8. The molecule has 0 aliphatic heterocycles. The third-order valence-corrected chi connectivity index (χ3v) is 3.35. The molecule has 0 radical (unpaired) electrons. The molecular weight excluding hydrogens is 266 g/mol. The fourth-order valence-corrected chi connectivity index (χ4v) is 2.27. The first kappa shape index (κ1) is 17.7. The normalized spacial score (nSPS) is 12.3. The summed E-state index contributed by atoms with van der Waals surface area (Å²) in [6.45, 7) is 6.85. The molecule has 0 aliphatic carbocycles. The van der Waals surface area contributed by atoms with Gasteiger partial charge in [-0.1, -0.05) is 20.3 Å². The maximum atomic E-state index is 11.8. The second kappa shape index (κ2) is 10.4. The summed E-state index contributed by atoms with van der Waals surface area (Å²) in [7, 11) is 1.63. The van der Waals surface area contributed by atoms with Crippen molar-refractivity contribution in [2.45, 2.75) is 45.7 Å². The van der Waals surface area contributed by atoms with Gasteiger partial charge in [0.05, 0.1) is 6.61 Å². The zero-order chi connectivity index (χ0) is 15.5. The lowest BCUT2D eigenvalue weighted by atomic mass is 10.1. The lowest BCUT2D eigenvalue weighted by Gasteiger charge is -2.16. The predicted molar refractivity (Wildman–Crippen MR) is 85.3 cm³/mol. The molecule has 0 aliphatic rings. The van der Waals surface area contributed by atoms with Gasteiger partial charge in [0.2, 0.25) is 5.91 Å². The molecule has 1 aromatic heterocycles. The highest BCUT2D eigenvalue weighted by molar-refractivity contribution is 5.75. The second-order valence-electron chi connectivity index (χ2n) is 5.26. The van der Waals surface area contributed by atoms with Gasteiger partial charge in [-0.3, -0.25) is 4.79 Å². The molecule has 21 heavy (non-hydrogen) atoms. The van der Waals surface area contributed by atoms with Crippen LogP contribution in [-0.2, 0) is 16.1 Å². The third-order valence-electron chi connectivity index (χ3n) is 3.35. The maximum Gasteiger partial charge on any atom is 0.239 e. The monoisotopic (exact) mass is 295 g/mol. The van der Waals surface area contributed by atoms with Gasteiger partial charge in [-0.25, -0.2) is 0 Å². The quantitative estimate of drug-likeness (QED) is 0.615. The fourth-order valence-electron chi connectivity index (χ4n) is 2.27. The number of aromatic nitrogens is 1. The number of ether oxygens (including phenoxy) is 1. The van der Waals surface area contributed by atoms with Crippen LogP contribution in [-0.4, -0.2) is 37.3 Å². The van der Waals surface area contributed by atoms with Crippen molar-refractivity contribution in [3.63, 3.8) is 0 Å². The Bertz CT molecular complexity index is 404. The molecule has 0 saturated carbocycles. The Kier molecular flexibility index (Phi) is 8.78. The zero-order valence-electron chi connectivity index (χ0n) is 13.5. The summed E-state index contributed by atoms with van der Waals surface area (Å²) < 4.78 is 6.85. The number of hydrogen-bond acceptors (Lipinski definition) is 3. The molecule has 0 aromatic carbocycles. The molecule has 1 heterocycles. The van der Waals surface area contributed by atoms with Crippen molar-refractivity contribution >= 4 is 5.91 Å². The van der Waals surface area contributed by atoms with Crippen LogP contribution < -0.4 is 10.6 Å². The van der Waals surface area contributed by atoms with Crippen LogP contribution in [0.15, 0.2) is 18.5 Å². The largest absolute Gasteiger partial charge is 0.383 e. The van der Waals surface area contributed by atoms with Crippen molar-refractivity contribution in [3.05, 3.63) is 24.0 Å². The van der Waals surface area contributed by atoms with E-state index in [9.17, 15) is 4.79 Å². The van der Waals surface area contributed by atoms with Crippen molar-refractivity contribution in [2.75, 3.05) is 26.8 Å². The highest BCUT2D eigenvalue weighted by atomic mass is 16.5. The molecule has 2 N–H and O–H groups in total. The van der Waals surface area contributed by atoms with E-state index in [0.717, 1.165) is 25.8 Å². The molecule has 1 atom stereocenters. The van der Waals surface area contributed by atoms with E-state index in [1.54, 1.807) is 7.11 Å². The number of carbonyl (C=O) groups excluding carboxylic acids is 1. The van der Waals surface area contributed by atoms with E-state index in [4.69, 9.17) is 4.74 Å². The Morgan fingerprint density at radius 3 is 2.81 bits per heavy atom. The van der Waals surface area contributed by atoms with Gasteiger partial charge in [-0.05, 0) is 31.0 Å². The lowest BCUT2D eigenvalue weighted by molar-refractivity contribution is -0.121. The molecule has 0 spiro atoms. The average Bonchev–Trinajstić information content (AvgIpc) is 2.92. The Morgan fingerprint density at radius 2 is 2.14 bits per heavy atom. The lowest BCUT2D eigenvalue weighted by Crippen LogP contribution is -2.30. The molecule has 0 bridgehead atoms. The minimum atomic E-state index is 0.0164. The zero-order valence-corrected chi connectivity index (χ0v) is 13.5. The number of nitrogens with one attached hydrogen (secondary N) is 2. The van der Waals surface area contributed by atoms with Crippen LogP contribution in [0.4, 0.5) is 0 Å². The Balaban J connectivity index is 2.51. The molecule has 0 saturated heterocycles. The first-order valence-electron chi connectivity index (χ1n) is 7.85. The number of methoxy groups -OCH3 is 1. The van der Waals surface area contributed by atoms with E-state index < -0.39 is 0 Å². The van der Waals surface area contributed by atoms with E-state index in [-0.39, 0.29) is 5.91 Å². The molecule has 5 nitrogen and oxygen atoms in total. The van der Waals surface area contributed by atoms with Crippen molar-refractivity contribution in [2.24, 2.45) is 0 Å². The Morgan fingerprint density at radius 1 is 1.33 bits per heavy atom. The number of rotatable bonds is 11. The van der Waals surface area contributed by atoms with Crippen LogP contribution in [0.2, 0.25) is 0 Å². The van der Waals surface area contributed by atoms with Gasteiger partial charge in [0.15, 0.2) is 0 Å². The standard InChI is InChI=1S/C16H29N3O2/c1-4-6-15(17-8-5-2)14-7-10-19(12-14)13-16(20)18-9-11-21-3/h7,10,12,15,17H,4-6,8-9,11,13H2,1-3H3,(H,18,20). The van der Waals surface area contributed by atoms with Gasteiger partial charge in [0, 0.05) is 32.1 Å². The second-order valence-corrected chi connectivity index (χ2v) is 5.26. The molecular formula is C16H29N3O2. The van der Waals surface area contributed by atoms with Gasteiger partial charge in [0.1, 0.15) is 6.54 Å². The van der Waals surface area contributed by atoms with Crippen molar-refractivity contribution < 1.29 is 9.53 Å². The number of amides is 1.